The summed E-state index contributed by atoms with van der Waals surface area (Å²) < 4.78 is 0. The fraction of sp³-hybridized carbons (Fsp3) is 0.143. The molecular weight excluding hydrogens is 353 g/mol. The molecule has 0 aliphatic carbocycles. The zero-order valence-electron chi connectivity index (χ0n) is 13.6. The summed E-state index contributed by atoms with van der Waals surface area (Å²) in [6, 6.07) is 24.8. The standard InChI is InChI=1S/C21H19Cl2NO/c22-19-12-11-16(20(23)13-19)14-24-15-21(25,17-7-3-1-4-8-17)18-9-5-2-6-10-18/h1-13,24-25H,14-15H2. The lowest BCUT2D eigenvalue weighted by Crippen LogP contribution is -2.39. The molecule has 0 fully saturated rings. The Hall–Kier alpha value is -1.84. The van der Waals surface area contributed by atoms with Crippen LogP contribution in [0.2, 0.25) is 10.0 Å². The molecule has 0 unspecified atom stereocenters. The molecule has 0 aliphatic rings. The number of hydrogen-bond donors (Lipinski definition) is 2. The van der Waals surface area contributed by atoms with Crippen molar-refractivity contribution in [1.82, 2.24) is 5.32 Å². The van der Waals surface area contributed by atoms with Gasteiger partial charge in [0, 0.05) is 23.1 Å². The molecule has 0 saturated heterocycles. The molecule has 3 aromatic carbocycles. The van der Waals surface area contributed by atoms with Crippen LogP contribution in [0.1, 0.15) is 16.7 Å². The minimum Gasteiger partial charge on any atom is -0.379 e. The second-order valence-electron chi connectivity index (χ2n) is 5.93. The molecule has 0 aromatic heterocycles. The Labute approximate surface area is 158 Å². The van der Waals surface area contributed by atoms with E-state index in [0.29, 0.717) is 23.1 Å². The number of hydrogen-bond acceptors (Lipinski definition) is 2. The molecule has 3 aromatic rings. The van der Waals surface area contributed by atoms with E-state index >= 15 is 0 Å². The molecule has 0 heterocycles. The van der Waals surface area contributed by atoms with Crippen molar-refractivity contribution in [3.63, 3.8) is 0 Å². The molecule has 0 spiro atoms. The Morgan fingerprint density at radius 2 is 1.36 bits per heavy atom. The smallest absolute Gasteiger partial charge is 0.127 e. The average Bonchev–Trinajstić information content (AvgIpc) is 2.65. The summed E-state index contributed by atoms with van der Waals surface area (Å²) in [5, 5.41) is 16.0. The van der Waals surface area contributed by atoms with E-state index in [2.05, 4.69) is 5.32 Å². The van der Waals surface area contributed by atoms with Gasteiger partial charge < -0.3 is 10.4 Å². The van der Waals surface area contributed by atoms with Gasteiger partial charge in [0.25, 0.3) is 0 Å². The molecule has 0 aliphatic heterocycles. The fourth-order valence-electron chi connectivity index (χ4n) is 2.84. The SMILES string of the molecule is OC(CNCc1ccc(Cl)cc1Cl)(c1ccccc1)c1ccccc1. The van der Waals surface area contributed by atoms with Crippen molar-refractivity contribution in [2.24, 2.45) is 0 Å². The van der Waals surface area contributed by atoms with Crippen molar-refractivity contribution in [2.75, 3.05) is 6.54 Å². The molecule has 0 saturated carbocycles. The summed E-state index contributed by atoms with van der Waals surface area (Å²) in [5.41, 5.74) is 1.50. The zero-order chi connectivity index (χ0) is 17.7. The van der Waals surface area contributed by atoms with Crippen molar-refractivity contribution in [2.45, 2.75) is 12.1 Å². The van der Waals surface area contributed by atoms with Crippen LogP contribution in [0, 0.1) is 0 Å². The van der Waals surface area contributed by atoms with Crippen LogP contribution in [0.5, 0.6) is 0 Å². The highest BCUT2D eigenvalue weighted by Crippen LogP contribution is 2.29. The van der Waals surface area contributed by atoms with Gasteiger partial charge >= 0.3 is 0 Å². The van der Waals surface area contributed by atoms with Crippen LogP contribution < -0.4 is 5.32 Å². The van der Waals surface area contributed by atoms with Crippen LogP contribution in [-0.4, -0.2) is 11.7 Å². The third-order valence-electron chi connectivity index (χ3n) is 4.21. The van der Waals surface area contributed by atoms with Crippen LogP contribution in [0.25, 0.3) is 0 Å². The first-order valence-electron chi connectivity index (χ1n) is 8.08. The number of nitrogens with one attached hydrogen (secondary N) is 1. The molecule has 0 amide bonds. The van der Waals surface area contributed by atoms with Gasteiger partial charge in [-0.2, -0.15) is 0 Å². The van der Waals surface area contributed by atoms with Crippen molar-refractivity contribution < 1.29 is 5.11 Å². The Balaban J connectivity index is 1.81. The summed E-state index contributed by atoms with van der Waals surface area (Å²) in [4.78, 5) is 0. The van der Waals surface area contributed by atoms with E-state index in [-0.39, 0.29) is 0 Å². The topological polar surface area (TPSA) is 32.3 Å². The van der Waals surface area contributed by atoms with E-state index in [9.17, 15) is 5.11 Å². The summed E-state index contributed by atoms with van der Waals surface area (Å²) in [5.74, 6) is 0. The second-order valence-corrected chi connectivity index (χ2v) is 6.78. The Bertz CT molecular complexity index is 782. The molecule has 0 radical (unpaired) electrons. The van der Waals surface area contributed by atoms with E-state index in [1.165, 1.54) is 0 Å². The maximum Gasteiger partial charge on any atom is 0.127 e. The van der Waals surface area contributed by atoms with Crippen molar-refractivity contribution in [3.05, 3.63) is 106 Å². The van der Waals surface area contributed by atoms with E-state index in [4.69, 9.17) is 23.2 Å². The maximum atomic E-state index is 11.4. The average molecular weight is 372 g/mol. The van der Waals surface area contributed by atoms with Gasteiger partial charge in [-0.15, -0.1) is 0 Å². The van der Waals surface area contributed by atoms with Gasteiger partial charge in [-0.25, -0.2) is 0 Å². The highest BCUT2D eigenvalue weighted by Gasteiger charge is 2.30. The highest BCUT2D eigenvalue weighted by atomic mass is 35.5. The maximum absolute atomic E-state index is 11.4. The van der Waals surface area contributed by atoms with Gasteiger partial charge in [0.05, 0.1) is 0 Å². The Kier molecular flexibility index (Phi) is 5.77. The van der Waals surface area contributed by atoms with Gasteiger partial charge in [0.2, 0.25) is 0 Å². The molecule has 2 nitrogen and oxygen atoms in total. The van der Waals surface area contributed by atoms with Gasteiger partial charge in [0.15, 0.2) is 0 Å². The Morgan fingerprint density at radius 3 is 1.88 bits per heavy atom. The normalized spacial score (nSPS) is 11.5. The summed E-state index contributed by atoms with van der Waals surface area (Å²) in [7, 11) is 0. The molecule has 0 bridgehead atoms. The van der Waals surface area contributed by atoms with Gasteiger partial charge in [-0.1, -0.05) is 89.9 Å². The number of aliphatic hydroxyl groups is 1. The molecule has 128 valence electrons. The second kappa shape index (κ2) is 8.03. The summed E-state index contributed by atoms with van der Waals surface area (Å²) in [6.45, 7) is 0.901. The van der Waals surface area contributed by atoms with Gasteiger partial charge in [-0.3, -0.25) is 0 Å². The largest absolute Gasteiger partial charge is 0.379 e. The lowest BCUT2D eigenvalue weighted by Gasteiger charge is -2.30. The molecule has 0 atom stereocenters. The molecular formula is C21H19Cl2NO. The highest BCUT2D eigenvalue weighted by molar-refractivity contribution is 6.35. The minimum absolute atomic E-state index is 0.361. The molecule has 4 heteroatoms. The fourth-order valence-corrected chi connectivity index (χ4v) is 3.32. The third kappa shape index (κ3) is 4.23. The van der Waals surface area contributed by atoms with Gasteiger partial charge in [-0.05, 0) is 28.8 Å². The van der Waals surface area contributed by atoms with Crippen LogP contribution in [0.15, 0.2) is 78.9 Å². The van der Waals surface area contributed by atoms with Crippen molar-refractivity contribution >= 4 is 23.2 Å². The van der Waals surface area contributed by atoms with E-state index in [0.717, 1.165) is 16.7 Å². The van der Waals surface area contributed by atoms with Crippen LogP contribution >= 0.6 is 23.2 Å². The van der Waals surface area contributed by atoms with E-state index < -0.39 is 5.60 Å². The quantitative estimate of drug-likeness (QED) is 0.637. The predicted molar refractivity (Wildman–Crippen MR) is 104 cm³/mol. The van der Waals surface area contributed by atoms with Crippen LogP contribution in [0.3, 0.4) is 0 Å². The van der Waals surface area contributed by atoms with Crippen LogP contribution in [0.4, 0.5) is 0 Å². The third-order valence-corrected chi connectivity index (χ3v) is 4.80. The number of rotatable bonds is 6. The van der Waals surface area contributed by atoms with Gasteiger partial charge in [0.1, 0.15) is 5.60 Å². The van der Waals surface area contributed by atoms with Crippen molar-refractivity contribution in [1.29, 1.82) is 0 Å². The molecule has 3 rings (SSSR count). The zero-order valence-corrected chi connectivity index (χ0v) is 15.1. The minimum atomic E-state index is -1.12. The Morgan fingerprint density at radius 1 is 0.800 bits per heavy atom. The first-order chi connectivity index (χ1) is 12.1. The number of halogens is 2. The lowest BCUT2D eigenvalue weighted by molar-refractivity contribution is 0.0796. The van der Waals surface area contributed by atoms with Crippen LogP contribution in [-0.2, 0) is 12.1 Å². The molecule has 2 N–H and O–H groups in total. The summed E-state index contributed by atoms with van der Waals surface area (Å²) >= 11 is 12.2. The van der Waals surface area contributed by atoms with E-state index in [1.54, 1.807) is 6.07 Å². The predicted octanol–water partition coefficient (Wildman–Crippen LogP) is 5.02. The monoisotopic (exact) mass is 371 g/mol. The molecule has 25 heavy (non-hydrogen) atoms. The van der Waals surface area contributed by atoms with E-state index in [1.807, 2.05) is 72.8 Å². The number of benzene rings is 3. The summed E-state index contributed by atoms with van der Waals surface area (Å²) in [6.07, 6.45) is 0. The first kappa shape index (κ1) is 18.0. The lowest BCUT2D eigenvalue weighted by atomic mass is 9.86. The first-order valence-corrected chi connectivity index (χ1v) is 8.83. The van der Waals surface area contributed by atoms with Crippen molar-refractivity contribution in [3.8, 4) is 0 Å².